The van der Waals surface area contributed by atoms with Crippen LogP contribution in [0, 0.1) is 6.92 Å². The second-order valence-corrected chi connectivity index (χ2v) is 11.4. The Kier molecular flexibility index (Phi) is 7.75. The number of aliphatic hydroxyl groups excluding tert-OH is 1. The first-order chi connectivity index (χ1) is 17.5. The molecule has 2 aromatic carbocycles. The van der Waals surface area contributed by atoms with Gasteiger partial charge in [0.15, 0.2) is 0 Å². The van der Waals surface area contributed by atoms with E-state index in [2.05, 4.69) is 15.6 Å². The van der Waals surface area contributed by atoms with Crippen molar-refractivity contribution in [3.63, 3.8) is 0 Å². The fourth-order valence-electron chi connectivity index (χ4n) is 3.98. The number of anilines is 2. The van der Waals surface area contributed by atoms with Crippen LogP contribution in [0.2, 0.25) is 10.0 Å². The number of nitrogens with zero attached hydrogens (tertiary/aromatic N) is 2. The third kappa shape index (κ3) is 5.72. The van der Waals surface area contributed by atoms with Gasteiger partial charge in [-0.2, -0.15) is 0 Å². The van der Waals surface area contributed by atoms with Crippen molar-refractivity contribution < 1.29 is 23.1 Å². The van der Waals surface area contributed by atoms with Crippen LogP contribution in [0.1, 0.15) is 28.5 Å². The Bertz CT molecular complexity index is 1460. The molecule has 0 unspecified atom stereocenters. The fourth-order valence-corrected chi connectivity index (χ4v) is 6.18. The molecule has 3 aromatic rings. The van der Waals surface area contributed by atoms with Crippen molar-refractivity contribution in [1.29, 1.82) is 0 Å². The molecule has 0 fully saturated rings. The van der Waals surface area contributed by atoms with Gasteiger partial charge in [0, 0.05) is 6.42 Å². The lowest BCUT2D eigenvalue weighted by Crippen LogP contribution is -2.52. The van der Waals surface area contributed by atoms with Crippen LogP contribution in [0.25, 0.3) is 0 Å². The summed E-state index contributed by atoms with van der Waals surface area (Å²) in [5.41, 5.74) is 1.72. The third-order valence-corrected chi connectivity index (χ3v) is 8.20. The molecule has 0 saturated heterocycles. The lowest BCUT2D eigenvalue weighted by Gasteiger charge is -2.35. The normalized spacial score (nSPS) is 16.0. The fraction of sp³-hybridized carbons (Fsp3) is 0.240. The lowest BCUT2D eigenvalue weighted by molar-refractivity contribution is -0.129. The van der Waals surface area contributed by atoms with Crippen molar-refractivity contribution in [3.05, 3.63) is 81.6 Å². The number of hydrogen-bond acceptors (Lipinski definition) is 6. The number of nitrogens with one attached hydrogen (secondary N) is 2. The summed E-state index contributed by atoms with van der Waals surface area (Å²) in [6.07, 6.45) is 0.348. The Labute approximate surface area is 224 Å². The third-order valence-electron chi connectivity index (χ3n) is 5.79. The number of amides is 2. The zero-order chi connectivity index (χ0) is 26.9. The number of carbonyl (C=O) groups is 2. The second-order valence-electron chi connectivity index (χ2n) is 8.68. The van der Waals surface area contributed by atoms with Gasteiger partial charge in [-0.15, -0.1) is 0 Å². The van der Waals surface area contributed by atoms with E-state index in [1.807, 2.05) is 0 Å². The molecule has 1 aliphatic heterocycles. The van der Waals surface area contributed by atoms with E-state index in [0.717, 1.165) is 9.87 Å². The highest BCUT2D eigenvalue weighted by Crippen LogP contribution is 2.34. The van der Waals surface area contributed by atoms with E-state index in [0.29, 0.717) is 5.69 Å². The zero-order valence-electron chi connectivity index (χ0n) is 19.9. The molecule has 0 bridgehead atoms. The molecule has 194 valence electrons. The van der Waals surface area contributed by atoms with Gasteiger partial charge in [0.1, 0.15) is 6.10 Å². The summed E-state index contributed by atoms with van der Waals surface area (Å²) < 4.78 is 28.6. The molecule has 1 aliphatic rings. The van der Waals surface area contributed by atoms with Crippen LogP contribution in [0.5, 0.6) is 0 Å². The van der Waals surface area contributed by atoms with Gasteiger partial charge in [-0.1, -0.05) is 41.4 Å². The number of benzene rings is 2. The first-order valence-electron chi connectivity index (χ1n) is 11.3. The van der Waals surface area contributed by atoms with Crippen molar-refractivity contribution in [3.8, 4) is 0 Å². The van der Waals surface area contributed by atoms with Crippen LogP contribution in [-0.2, 0) is 21.2 Å². The smallest absolute Gasteiger partial charge is 0.264 e. The molecule has 2 atom stereocenters. The zero-order valence-corrected chi connectivity index (χ0v) is 22.2. The molecule has 0 saturated carbocycles. The predicted octanol–water partition coefficient (Wildman–Crippen LogP) is 3.57. The van der Waals surface area contributed by atoms with E-state index in [-0.39, 0.29) is 44.8 Å². The van der Waals surface area contributed by atoms with Crippen molar-refractivity contribution in [2.24, 2.45) is 0 Å². The molecule has 0 aliphatic carbocycles. The molecule has 0 radical (unpaired) electrons. The molecule has 2 amide bonds. The summed E-state index contributed by atoms with van der Waals surface area (Å²) in [7, 11) is -4.07. The summed E-state index contributed by atoms with van der Waals surface area (Å²) in [6.45, 7) is 3.01. The van der Waals surface area contributed by atoms with Gasteiger partial charge in [-0.3, -0.25) is 18.9 Å². The maximum absolute atomic E-state index is 13.7. The van der Waals surface area contributed by atoms with E-state index in [9.17, 15) is 23.1 Å². The quantitative estimate of drug-likeness (QED) is 0.421. The van der Waals surface area contributed by atoms with Gasteiger partial charge in [0.2, 0.25) is 5.91 Å². The molecular weight excluding hydrogens is 539 g/mol. The Hall–Kier alpha value is -3.18. The van der Waals surface area contributed by atoms with Crippen LogP contribution >= 0.6 is 23.2 Å². The second kappa shape index (κ2) is 10.7. The number of carbonyl (C=O) groups excluding carboxylic acids is 2. The number of aromatic nitrogens is 1. The van der Waals surface area contributed by atoms with Gasteiger partial charge in [0.05, 0.1) is 56.4 Å². The van der Waals surface area contributed by atoms with Gasteiger partial charge in [-0.05, 0) is 49.7 Å². The lowest BCUT2D eigenvalue weighted by atomic mass is 10.0. The SMILES string of the molecule is Cc1cccc(S(=O)(=O)N2C[C@H](NC(=O)[C@H](C)O)Cc3ncc(NC(=O)c4c(Cl)cccc4Cl)cc32)c1. The molecule has 3 N–H and O–H groups in total. The number of aryl methyl sites for hydroxylation is 1. The molecule has 9 nitrogen and oxygen atoms in total. The van der Waals surface area contributed by atoms with Gasteiger partial charge < -0.3 is 15.7 Å². The largest absolute Gasteiger partial charge is 0.384 e. The number of hydrogen-bond donors (Lipinski definition) is 3. The number of rotatable bonds is 6. The van der Waals surface area contributed by atoms with Gasteiger partial charge in [0.25, 0.3) is 15.9 Å². The summed E-state index contributed by atoms with van der Waals surface area (Å²) >= 11 is 12.3. The first kappa shape index (κ1) is 26.9. The minimum atomic E-state index is -4.07. The van der Waals surface area contributed by atoms with Crippen LogP contribution in [-0.4, -0.2) is 49.0 Å². The highest BCUT2D eigenvalue weighted by Gasteiger charge is 2.35. The first-order valence-corrected chi connectivity index (χ1v) is 13.5. The highest BCUT2D eigenvalue weighted by atomic mass is 35.5. The number of sulfonamides is 1. The van der Waals surface area contributed by atoms with E-state index < -0.39 is 34.0 Å². The summed E-state index contributed by atoms with van der Waals surface area (Å²) in [4.78, 5) is 29.5. The van der Waals surface area contributed by atoms with Crippen molar-refractivity contribution >= 4 is 56.4 Å². The van der Waals surface area contributed by atoms with Crippen LogP contribution < -0.4 is 14.9 Å². The van der Waals surface area contributed by atoms with Gasteiger partial charge in [-0.25, -0.2) is 8.42 Å². The maximum atomic E-state index is 13.7. The standard InChI is InChI=1S/C25H24Cl2N4O5S/c1-14-5-3-6-18(9-14)37(35,36)31-13-17(30-24(33)15(2)32)10-21-22(31)11-16(12-28-21)29-25(34)23-19(26)7-4-8-20(23)27/h3-9,11-12,15,17,32H,10,13H2,1-2H3,(H,29,34)(H,30,33)/t15-,17+/m0/s1. The van der Waals surface area contributed by atoms with E-state index >= 15 is 0 Å². The van der Waals surface area contributed by atoms with Crippen molar-refractivity contribution in [1.82, 2.24) is 10.3 Å². The molecule has 0 spiro atoms. The molecule has 2 heterocycles. The molecule has 1 aromatic heterocycles. The van der Waals surface area contributed by atoms with E-state index in [4.69, 9.17) is 23.2 Å². The number of pyridine rings is 1. The number of aliphatic hydroxyl groups is 1. The highest BCUT2D eigenvalue weighted by molar-refractivity contribution is 7.92. The molecule has 37 heavy (non-hydrogen) atoms. The van der Waals surface area contributed by atoms with Crippen LogP contribution in [0.15, 0.2) is 59.6 Å². The van der Waals surface area contributed by atoms with Gasteiger partial charge >= 0.3 is 0 Å². The Morgan fingerprint density at radius 2 is 1.81 bits per heavy atom. The number of fused-ring (bicyclic) bond motifs is 1. The topological polar surface area (TPSA) is 129 Å². The average Bonchev–Trinajstić information content (AvgIpc) is 2.83. The van der Waals surface area contributed by atoms with E-state index in [1.165, 1.54) is 37.4 Å². The minimum Gasteiger partial charge on any atom is -0.384 e. The monoisotopic (exact) mass is 562 g/mol. The Balaban J connectivity index is 1.73. The van der Waals surface area contributed by atoms with Crippen LogP contribution in [0.4, 0.5) is 11.4 Å². The minimum absolute atomic E-state index is 0.0678. The molecule has 4 rings (SSSR count). The molecule has 12 heteroatoms. The van der Waals surface area contributed by atoms with Crippen molar-refractivity contribution in [2.75, 3.05) is 16.2 Å². The molecular formula is C25H24Cl2N4O5S. The summed E-state index contributed by atoms with van der Waals surface area (Å²) in [5, 5.41) is 15.3. The van der Waals surface area contributed by atoms with Crippen LogP contribution in [0.3, 0.4) is 0 Å². The summed E-state index contributed by atoms with van der Waals surface area (Å²) in [6, 6.07) is 12.0. The summed E-state index contributed by atoms with van der Waals surface area (Å²) in [5.74, 6) is -1.20. The van der Waals surface area contributed by atoms with E-state index in [1.54, 1.807) is 31.2 Å². The Morgan fingerprint density at radius 1 is 1.14 bits per heavy atom. The maximum Gasteiger partial charge on any atom is 0.264 e. The number of halogens is 2. The average molecular weight is 563 g/mol. The van der Waals surface area contributed by atoms with Crippen molar-refractivity contribution in [2.45, 2.75) is 37.3 Å². The Morgan fingerprint density at radius 3 is 2.46 bits per heavy atom. The predicted molar refractivity (Wildman–Crippen MR) is 142 cm³/mol.